The van der Waals surface area contributed by atoms with Crippen molar-refractivity contribution in [3.63, 3.8) is 0 Å². The van der Waals surface area contributed by atoms with Crippen molar-refractivity contribution >= 4 is 46.4 Å². The molecule has 2 aliphatic heterocycles. The fourth-order valence-corrected chi connectivity index (χ4v) is 7.07. The lowest BCUT2D eigenvalue weighted by molar-refractivity contribution is 0.0710. The number of nitrogens with zero attached hydrogens (tertiary/aromatic N) is 2. The van der Waals surface area contributed by atoms with Gasteiger partial charge in [0.15, 0.2) is 0 Å². The second-order valence-corrected chi connectivity index (χ2v) is 13.0. The fourth-order valence-electron chi connectivity index (χ4n) is 6.82. The molecule has 1 aliphatic carbocycles. The van der Waals surface area contributed by atoms with Crippen molar-refractivity contribution in [2.75, 3.05) is 23.3 Å². The zero-order valence-electron chi connectivity index (χ0n) is 24.3. The van der Waals surface area contributed by atoms with E-state index in [2.05, 4.69) is 52.7 Å². The summed E-state index contributed by atoms with van der Waals surface area (Å²) < 4.78 is 0. The van der Waals surface area contributed by atoms with Crippen molar-refractivity contribution in [1.29, 1.82) is 0 Å². The molecule has 0 radical (unpaired) electrons. The van der Waals surface area contributed by atoms with Crippen LogP contribution in [0.5, 0.6) is 0 Å². The molecule has 224 valence electrons. The quantitative estimate of drug-likeness (QED) is 0.208. The van der Waals surface area contributed by atoms with Crippen LogP contribution < -0.4 is 16.0 Å². The number of carbonyl (C=O) groups excluding carboxylic acids is 2. The summed E-state index contributed by atoms with van der Waals surface area (Å²) in [6, 6.07) is 30.0. The Hall–Kier alpha value is -4.00. The predicted octanol–water partition coefficient (Wildman–Crippen LogP) is 7.55. The van der Waals surface area contributed by atoms with E-state index in [1.54, 1.807) is 24.3 Å². The predicted molar refractivity (Wildman–Crippen MR) is 177 cm³/mol. The van der Waals surface area contributed by atoms with Crippen molar-refractivity contribution in [3.8, 4) is 0 Å². The van der Waals surface area contributed by atoms with Gasteiger partial charge in [-0.05, 0) is 109 Å². The Bertz CT molecular complexity index is 1630. The molecule has 6 nitrogen and oxygen atoms in total. The summed E-state index contributed by atoms with van der Waals surface area (Å²) >= 11 is 12.5. The van der Waals surface area contributed by atoms with E-state index in [1.165, 1.54) is 40.9 Å². The Balaban J connectivity index is 1.16. The fraction of sp³-hybridized carbons (Fsp3) is 0.278. The van der Waals surface area contributed by atoms with Crippen molar-refractivity contribution in [2.24, 2.45) is 11.7 Å². The molecule has 1 atom stereocenters. The van der Waals surface area contributed by atoms with Gasteiger partial charge in [-0.1, -0.05) is 53.5 Å². The number of nitrogens with two attached hydrogens (primary N) is 1. The lowest BCUT2D eigenvalue weighted by Gasteiger charge is -2.41. The van der Waals surface area contributed by atoms with Crippen LogP contribution in [0.2, 0.25) is 10.0 Å². The van der Waals surface area contributed by atoms with Crippen LogP contribution in [0.3, 0.4) is 0 Å². The van der Waals surface area contributed by atoms with Gasteiger partial charge in [0.05, 0.1) is 11.4 Å². The molecule has 4 aromatic carbocycles. The number of amides is 2. The Morgan fingerprint density at radius 3 is 1.82 bits per heavy atom. The van der Waals surface area contributed by atoms with E-state index in [0.717, 1.165) is 12.8 Å². The topological polar surface area (TPSA) is 78.7 Å². The van der Waals surface area contributed by atoms with Gasteiger partial charge in [-0.15, -0.1) is 0 Å². The number of hydrogen-bond acceptors (Lipinski definition) is 4. The number of nitrogens with one attached hydrogen (secondary N) is 1. The van der Waals surface area contributed by atoms with Gasteiger partial charge in [-0.2, -0.15) is 0 Å². The number of hydrogen-bond donors (Lipinski definition) is 2. The van der Waals surface area contributed by atoms with E-state index in [1.807, 2.05) is 29.2 Å². The van der Waals surface area contributed by atoms with Crippen molar-refractivity contribution < 1.29 is 9.59 Å². The highest BCUT2D eigenvalue weighted by molar-refractivity contribution is 6.30. The van der Waals surface area contributed by atoms with E-state index in [-0.39, 0.29) is 18.0 Å². The maximum Gasteiger partial charge on any atom is 0.253 e. The molecule has 2 fully saturated rings. The summed E-state index contributed by atoms with van der Waals surface area (Å²) in [6.45, 7) is 1.37. The number of anilines is 2. The van der Waals surface area contributed by atoms with Crippen LogP contribution >= 0.6 is 23.2 Å². The van der Waals surface area contributed by atoms with E-state index in [0.29, 0.717) is 46.2 Å². The number of piperidine rings is 1. The maximum atomic E-state index is 13.3. The Labute approximate surface area is 267 Å². The van der Waals surface area contributed by atoms with Crippen LogP contribution in [0.25, 0.3) is 0 Å². The number of rotatable bonds is 7. The summed E-state index contributed by atoms with van der Waals surface area (Å²) in [5.74, 6) is 0.147. The average Bonchev–Trinajstić information content (AvgIpc) is 3.83. The van der Waals surface area contributed by atoms with Crippen LogP contribution in [-0.2, 0) is 0 Å². The Morgan fingerprint density at radius 2 is 1.27 bits per heavy atom. The molecule has 1 saturated carbocycles. The minimum absolute atomic E-state index is 0.00535. The molecule has 7 rings (SSSR count). The van der Waals surface area contributed by atoms with Crippen molar-refractivity contribution in [1.82, 2.24) is 4.90 Å². The Morgan fingerprint density at radius 1 is 0.727 bits per heavy atom. The summed E-state index contributed by atoms with van der Waals surface area (Å²) in [7, 11) is 0. The van der Waals surface area contributed by atoms with Crippen LogP contribution in [0.15, 0.2) is 91.0 Å². The molecule has 4 aromatic rings. The van der Waals surface area contributed by atoms with Gasteiger partial charge in [0, 0.05) is 46.2 Å². The number of benzene rings is 4. The lowest BCUT2D eigenvalue weighted by Crippen LogP contribution is -2.51. The van der Waals surface area contributed by atoms with Crippen LogP contribution in [0.4, 0.5) is 11.4 Å². The van der Waals surface area contributed by atoms with Gasteiger partial charge in [0.1, 0.15) is 6.17 Å². The SMILES string of the molecule is NC(=O)c1ccc(C(=O)N2CCC(N3c4cc(C(c5ccc(Cl)cc5)c5ccc(Cl)cc5)ccc4NC3C3CC3)CC2)cc1. The molecule has 2 amide bonds. The minimum atomic E-state index is -0.495. The monoisotopic (exact) mass is 624 g/mol. The molecule has 3 N–H and O–H groups in total. The van der Waals surface area contributed by atoms with Crippen LogP contribution in [0.1, 0.15) is 69.0 Å². The highest BCUT2D eigenvalue weighted by Crippen LogP contribution is 2.48. The third-order valence-corrected chi connectivity index (χ3v) is 9.78. The number of halogens is 2. The molecule has 0 spiro atoms. The molecule has 1 saturated heterocycles. The largest absolute Gasteiger partial charge is 0.366 e. The zero-order chi connectivity index (χ0) is 30.4. The first-order valence-corrected chi connectivity index (χ1v) is 16.0. The summed E-state index contributed by atoms with van der Waals surface area (Å²) in [5, 5.41) is 5.28. The molecule has 0 bridgehead atoms. The summed E-state index contributed by atoms with van der Waals surface area (Å²) in [4.78, 5) is 29.3. The first kappa shape index (κ1) is 28.8. The average molecular weight is 626 g/mol. The van der Waals surface area contributed by atoms with E-state index >= 15 is 0 Å². The highest BCUT2D eigenvalue weighted by atomic mass is 35.5. The van der Waals surface area contributed by atoms with E-state index in [9.17, 15) is 9.59 Å². The van der Waals surface area contributed by atoms with E-state index in [4.69, 9.17) is 28.9 Å². The second-order valence-electron chi connectivity index (χ2n) is 12.1. The first-order chi connectivity index (χ1) is 21.4. The maximum absolute atomic E-state index is 13.3. The van der Waals surface area contributed by atoms with Gasteiger partial charge < -0.3 is 20.9 Å². The van der Waals surface area contributed by atoms with Gasteiger partial charge in [-0.3, -0.25) is 9.59 Å². The summed E-state index contributed by atoms with van der Waals surface area (Å²) in [5.41, 5.74) is 12.3. The second kappa shape index (κ2) is 11.8. The molecular formula is C36H34Cl2N4O2. The van der Waals surface area contributed by atoms with Crippen molar-refractivity contribution in [2.45, 2.75) is 43.8 Å². The lowest BCUT2D eigenvalue weighted by atomic mass is 9.85. The van der Waals surface area contributed by atoms with Crippen LogP contribution in [-0.4, -0.2) is 42.0 Å². The first-order valence-electron chi connectivity index (χ1n) is 15.2. The third-order valence-electron chi connectivity index (χ3n) is 9.27. The molecule has 2 heterocycles. The molecule has 8 heteroatoms. The van der Waals surface area contributed by atoms with Gasteiger partial charge >= 0.3 is 0 Å². The van der Waals surface area contributed by atoms with Gasteiger partial charge in [-0.25, -0.2) is 0 Å². The van der Waals surface area contributed by atoms with Gasteiger partial charge in [0.2, 0.25) is 5.91 Å². The standard InChI is InChI=1S/C36H34Cl2N4O2/c37-28-12-7-22(8-13-28)33(23-9-14-29(38)15-10-23)27-11-16-31-32(21-27)42(35(40-31)25-3-4-25)30-17-19-41(20-18-30)36(44)26-5-1-24(2-6-26)34(39)43/h1-2,5-16,21,25,30,33,35,40H,3-4,17-20H2,(H2,39,43). The number of likely N-dealkylation sites (tertiary alicyclic amines) is 1. The zero-order valence-corrected chi connectivity index (χ0v) is 25.8. The Kier molecular flexibility index (Phi) is 7.73. The van der Waals surface area contributed by atoms with Crippen molar-refractivity contribution in [3.05, 3.63) is 129 Å². The smallest absolute Gasteiger partial charge is 0.253 e. The molecule has 3 aliphatic rings. The van der Waals surface area contributed by atoms with E-state index < -0.39 is 5.91 Å². The molecule has 44 heavy (non-hydrogen) atoms. The minimum Gasteiger partial charge on any atom is -0.366 e. The summed E-state index contributed by atoms with van der Waals surface area (Å²) in [6.07, 6.45) is 4.49. The van der Waals surface area contributed by atoms with Gasteiger partial charge in [0.25, 0.3) is 5.91 Å². The molecule has 0 aromatic heterocycles. The number of fused-ring (bicyclic) bond motifs is 1. The highest BCUT2D eigenvalue weighted by Gasteiger charge is 2.44. The van der Waals surface area contributed by atoms with Crippen LogP contribution in [0, 0.1) is 5.92 Å². The normalized spacial score (nSPS) is 18.3. The number of carbonyl (C=O) groups is 2. The molecular weight excluding hydrogens is 591 g/mol. The number of primary amides is 1. The molecule has 1 unspecified atom stereocenters. The third kappa shape index (κ3) is 5.64.